The van der Waals surface area contributed by atoms with Gasteiger partial charge in [0.05, 0.1) is 0 Å². The zero-order chi connectivity index (χ0) is 17.6. The molecule has 2 nitrogen and oxygen atoms in total. The summed E-state index contributed by atoms with van der Waals surface area (Å²) < 4.78 is 0. The quantitative estimate of drug-likeness (QED) is 0.453. The van der Waals surface area contributed by atoms with E-state index < -0.39 is 0 Å². The number of hydrogen-bond donors (Lipinski definition) is 2. The average Bonchev–Trinajstić information content (AvgIpc) is 3.20. The van der Waals surface area contributed by atoms with Crippen LogP contribution in [0.1, 0.15) is 50.2 Å². The zero-order valence-corrected chi connectivity index (χ0v) is 15.5. The smallest absolute Gasteiger partial charge is 0.0459 e. The molecule has 0 aliphatic heterocycles. The van der Waals surface area contributed by atoms with Gasteiger partial charge in [0.15, 0.2) is 0 Å². The molecule has 0 atom stereocenters. The standard InChI is InChI=1S/C23H26N2/c1-5-15-17-11-7-9-13-19(17)24-21(15)23(3,4)22-16(6-2)18-12-8-10-14-20(18)25-22/h7-14,24-25H,5-6H2,1-4H3. The number of hydrogen-bond acceptors (Lipinski definition) is 0. The molecule has 25 heavy (non-hydrogen) atoms. The molecule has 128 valence electrons. The van der Waals surface area contributed by atoms with Crippen molar-refractivity contribution in [2.75, 3.05) is 0 Å². The van der Waals surface area contributed by atoms with Crippen LogP contribution in [0.3, 0.4) is 0 Å². The van der Waals surface area contributed by atoms with Gasteiger partial charge in [-0.15, -0.1) is 0 Å². The van der Waals surface area contributed by atoms with E-state index in [0.29, 0.717) is 0 Å². The summed E-state index contributed by atoms with van der Waals surface area (Å²) in [5.74, 6) is 0. The first-order chi connectivity index (χ1) is 12.1. The predicted molar refractivity (Wildman–Crippen MR) is 107 cm³/mol. The molecular weight excluding hydrogens is 304 g/mol. The summed E-state index contributed by atoms with van der Waals surface area (Å²) in [5.41, 5.74) is 7.89. The Morgan fingerprint density at radius 1 is 0.680 bits per heavy atom. The summed E-state index contributed by atoms with van der Waals surface area (Å²) >= 11 is 0. The second-order valence-corrected chi connectivity index (χ2v) is 7.38. The van der Waals surface area contributed by atoms with E-state index in [1.165, 1.54) is 44.3 Å². The van der Waals surface area contributed by atoms with E-state index in [1.807, 2.05) is 0 Å². The minimum absolute atomic E-state index is 0.102. The van der Waals surface area contributed by atoms with Crippen LogP contribution in [-0.4, -0.2) is 9.97 Å². The van der Waals surface area contributed by atoms with Gasteiger partial charge in [0.2, 0.25) is 0 Å². The fourth-order valence-electron chi connectivity index (χ4n) is 4.33. The third kappa shape index (κ3) is 2.31. The second-order valence-electron chi connectivity index (χ2n) is 7.38. The van der Waals surface area contributed by atoms with E-state index in [0.717, 1.165) is 12.8 Å². The lowest BCUT2D eigenvalue weighted by molar-refractivity contribution is 0.593. The van der Waals surface area contributed by atoms with Crippen LogP contribution < -0.4 is 0 Å². The minimum Gasteiger partial charge on any atom is -0.357 e. The van der Waals surface area contributed by atoms with Crippen molar-refractivity contribution in [1.29, 1.82) is 0 Å². The Labute approximate surface area is 149 Å². The lowest BCUT2D eigenvalue weighted by Gasteiger charge is -2.26. The third-order valence-electron chi connectivity index (χ3n) is 5.58. The highest BCUT2D eigenvalue weighted by Gasteiger charge is 2.32. The fourth-order valence-corrected chi connectivity index (χ4v) is 4.33. The highest BCUT2D eigenvalue weighted by atomic mass is 14.8. The molecule has 2 aromatic carbocycles. The number of para-hydroxylation sites is 2. The van der Waals surface area contributed by atoms with Crippen LogP contribution in [0, 0.1) is 0 Å². The topological polar surface area (TPSA) is 31.6 Å². The molecule has 2 heteroatoms. The Morgan fingerprint density at radius 2 is 1.08 bits per heavy atom. The van der Waals surface area contributed by atoms with Crippen LogP contribution in [0.15, 0.2) is 48.5 Å². The van der Waals surface area contributed by atoms with Gasteiger partial charge in [-0.25, -0.2) is 0 Å². The van der Waals surface area contributed by atoms with Crippen LogP contribution >= 0.6 is 0 Å². The normalized spacial score (nSPS) is 12.3. The van der Waals surface area contributed by atoms with Crippen molar-refractivity contribution in [3.8, 4) is 0 Å². The maximum Gasteiger partial charge on any atom is 0.0459 e. The maximum absolute atomic E-state index is 3.73. The number of benzene rings is 2. The monoisotopic (exact) mass is 330 g/mol. The number of aryl methyl sites for hydroxylation is 2. The Hall–Kier alpha value is -2.48. The molecule has 0 unspecified atom stereocenters. The molecule has 0 spiro atoms. The lowest BCUT2D eigenvalue weighted by Crippen LogP contribution is -2.23. The van der Waals surface area contributed by atoms with Crippen molar-refractivity contribution < 1.29 is 0 Å². The molecule has 0 saturated carbocycles. The van der Waals surface area contributed by atoms with Gasteiger partial charge in [-0.2, -0.15) is 0 Å². The number of nitrogens with one attached hydrogen (secondary N) is 2. The summed E-state index contributed by atoms with van der Waals surface area (Å²) in [5, 5.41) is 2.70. The van der Waals surface area contributed by atoms with Gasteiger partial charge in [0.25, 0.3) is 0 Å². The zero-order valence-electron chi connectivity index (χ0n) is 15.5. The number of rotatable bonds is 4. The van der Waals surface area contributed by atoms with Crippen molar-refractivity contribution in [2.24, 2.45) is 0 Å². The van der Waals surface area contributed by atoms with Crippen molar-refractivity contribution in [3.63, 3.8) is 0 Å². The first kappa shape index (κ1) is 16.0. The molecular formula is C23H26N2. The highest BCUT2D eigenvalue weighted by Crippen LogP contribution is 2.40. The molecule has 0 saturated heterocycles. The number of aromatic amines is 2. The third-order valence-corrected chi connectivity index (χ3v) is 5.58. The Kier molecular flexibility index (Phi) is 3.72. The molecule has 2 aromatic heterocycles. The number of H-pyrrole nitrogens is 2. The first-order valence-electron chi connectivity index (χ1n) is 9.28. The SMILES string of the molecule is CCc1c(C(C)(C)c2[nH]c3ccccc3c2CC)[nH]c2ccccc12. The van der Waals surface area contributed by atoms with Crippen LogP contribution in [-0.2, 0) is 18.3 Å². The van der Waals surface area contributed by atoms with Gasteiger partial charge < -0.3 is 9.97 Å². The van der Waals surface area contributed by atoms with Gasteiger partial charge in [-0.3, -0.25) is 0 Å². The molecule has 0 aliphatic carbocycles. The lowest BCUT2D eigenvalue weighted by atomic mass is 9.80. The highest BCUT2D eigenvalue weighted by molar-refractivity contribution is 5.87. The van der Waals surface area contributed by atoms with Crippen molar-refractivity contribution >= 4 is 21.8 Å². The van der Waals surface area contributed by atoms with E-state index >= 15 is 0 Å². The minimum atomic E-state index is -0.102. The fraction of sp³-hybridized carbons (Fsp3) is 0.304. The first-order valence-corrected chi connectivity index (χ1v) is 9.28. The maximum atomic E-state index is 3.73. The molecule has 0 radical (unpaired) electrons. The summed E-state index contributed by atoms with van der Waals surface area (Å²) in [4.78, 5) is 7.46. The molecule has 2 N–H and O–H groups in total. The predicted octanol–water partition coefficient (Wildman–Crippen LogP) is 6.10. The van der Waals surface area contributed by atoms with Crippen molar-refractivity contribution in [1.82, 2.24) is 9.97 Å². The molecule has 0 amide bonds. The van der Waals surface area contributed by atoms with Crippen LogP contribution in [0.4, 0.5) is 0 Å². The van der Waals surface area contributed by atoms with E-state index in [-0.39, 0.29) is 5.41 Å². The van der Waals surface area contributed by atoms with Gasteiger partial charge in [0.1, 0.15) is 0 Å². The van der Waals surface area contributed by atoms with E-state index in [4.69, 9.17) is 0 Å². The number of fused-ring (bicyclic) bond motifs is 2. The van der Waals surface area contributed by atoms with E-state index in [1.54, 1.807) is 0 Å². The van der Waals surface area contributed by atoms with Crippen molar-refractivity contribution in [3.05, 3.63) is 71.0 Å². The summed E-state index contributed by atoms with van der Waals surface area (Å²) in [6.07, 6.45) is 2.06. The van der Waals surface area contributed by atoms with Gasteiger partial charge in [-0.05, 0) is 49.9 Å². The van der Waals surface area contributed by atoms with E-state index in [2.05, 4.69) is 86.2 Å². The Balaban J connectivity index is 1.99. The van der Waals surface area contributed by atoms with Crippen molar-refractivity contribution in [2.45, 2.75) is 46.0 Å². The molecule has 0 fully saturated rings. The largest absolute Gasteiger partial charge is 0.357 e. The molecule has 4 aromatic rings. The summed E-state index contributed by atoms with van der Waals surface area (Å²) in [7, 11) is 0. The van der Waals surface area contributed by atoms with E-state index in [9.17, 15) is 0 Å². The molecule has 4 rings (SSSR count). The van der Waals surface area contributed by atoms with Gasteiger partial charge in [-0.1, -0.05) is 50.2 Å². The van der Waals surface area contributed by atoms with Gasteiger partial charge >= 0.3 is 0 Å². The molecule has 0 bridgehead atoms. The van der Waals surface area contributed by atoms with Crippen LogP contribution in [0.25, 0.3) is 21.8 Å². The average molecular weight is 330 g/mol. The Bertz CT molecular complexity index is 963. The van der Waals surface area contributed by atoms with Crippen LogP contribution in [0.2, 0.25) is 0 Å². The summed E-state index contributed by atoms with van der Waals surface area (Å²) in [6.45, 7) is 9.17. The number of aromatic nitrogens is 2. The van der Waals surface area contributed by atoms with Gasteiger partial charge in [0, 0.05) is 38.6 Å². The second kappa shape index (κ2) is 5.80. The van der Waals surface area contributed by atoms with Crippen LogP contribution in [0.5, 0.6) is 0 Å². The molecule has 0 aliphatic rings. The summed E-state index contributed by atoms with van der Waals surface area (Å²) in [6, 6.07) is 17.3. The molecule has 2 heterocycles. The Morgan fingerprint density at radius 3 is 1.48 bits per heavy atom.